The number of thiophene rings is 1. The molecule has 2 aromatic rings. The van der Waals surface area contributed by atoms with Gasteiger partial charge in [-0.25, -0.2) is 4.98 Å². The maximum absolute atomic E-state index is 12.9. The largest absolute Gasteiger partial charge is 0.337 e. The lowest BCUT2D eigenvalue weighted by Gasteiger charge is -2.23. The van der Waals surface area contributed by atoms with Crippen LogP contribution in [0.4, 0.5) is 0 Å². The number of hydrogen-bond acceptors (Lipinski definition) is 5. The molecule has 0 spiro atoms. The molecule has 0 saturated heterocycles. The summed E-state index contributed by atoms with van der Waals surface area (Å²) < 4.78 is 1.80. The Morgan fingerprint density at radius 1 is 1.40 bits per heavy atom. The number of rotatable bonds is 3. The number of likely N-dealkylation sites (N-methyl/N-ethyl adjacent to an activating group) is 1. The van der Waals surface area contributed by atoms with Gasteiger partial charge < -0.3 is 10.6 Å². The second kappa shape index (κ2) is 7.85. The fourth-order valence-corrected chi connectivity index (χ4v) is 4.31. The van der Waals surface area contributed by atoms with Crippen LogP contribution in [0.25, 0.3) is 10.2 Å². The van der Waals surface area contributed by atoms with Gasteiger partial charge in [-0.15, -0.1) is 23.7 Å². The second-order valence-electron chi connectivity index (χ2n) is 6.53. The second-order valence-corrected chi connectivity index (χ2v) is 7.53. The highest BCUT2D eigenvalue weighted by molar-refractivity contribution is 7.20. The van der Waals surface area contributed by atoms with Gasteiger partial charge in [-0.05, 0) is 32.3 Å². The number of amides is 1. The molecule has 1 unspecified atom stereocenters. The number of hydrogen-bond donors (Lipinski definition) is 1. The Hall–Kier alpha value is -1.44. The number of aromatic nitrogens is 2. The maximum atomic E-state index is 12.9. The van der Waals surface area contributed by atoms with Gasteiger partial charge in [0.05, 0.1) is 10.3 Å². The summed E-state index contributed by atoms with van der Waals surface area (Å²) in [7, 11) is 1.75. The minimum Gasteiger partial charge on any atom is -0.337 e. The summed E-state index contributed by atoms with van der Waals surface area (Å²) >= 11 is 1.33. The van der Waals surface area contributed by atoms with Crippen molar-refractivity contribution in [2.24, 2.45) is 5.73 Å². The van der Waals surface area contributed by atoms with E-state index in [2.05, 4.69) is 0 Å². The normalized spacial score (nSPS) is 15.2. The van der Waals surface area contributed by atoms with Crippen molar-refractivity contribution in [3.05, 3.63) is 26.6 Å². The lowest BCUT2D eigenvalue weighted by atomic mass is 10.2. The van der Waals surface area contributed by atoms with Crippen molar-refractivity contribution >= 4 is 39.9 Å². The van der Waals surface area contributed by atoms with Gasteiger partial charge in [-0.2, -0.15) is 0 Å². The Morgan fingerprint density at radius 2 is 2.12 bits per heavy atom. The van der Waals surface area contributed by atoms with Crippen LogP contribution in [0.15, 0.2) is 4.79 Å². The summed E-state index contributed by atoms with van der Waals surface area (Å²) in [5.74, 6) is 0.766. The van der Waals surface area contributed by atoms with Crippen LogP contribution in [0.5, 0.6) is 0 Å². The van der Waals surface area contributed by atoms with E-state index in [0.29, 0.717) is 21.6 Å². The third kappa shape index (κ3) is 3.45. The zero-order chi connectivity index (χ0) is 17.4. The number of fused-ring (bicyclic) bond motifs is 2. The number of carbonyl (C=O) groups excluding carboxylic acids is 1. The Labute approximate surface area is 157 Å². The molecule has 0 aliphatic carbocycles. The van der Waals surface area contributed by atoms with Gasteiger partial charge >= 0.3 is 0 Å². The summed E-state index contributed by atoms with van der Waals surface area (Å²) in [5.41, 5.74) is 6.41. The predicted molar refractivity (Wildman–Crippen MR) is 104 cm³/mol. The zero-order valence-corrected chi connectivity index (χ0v) is 16.5. The quantitative estimate of drug-likeness (QED) is 0.880. The summed E-state index contributed by atoms with van der Waals surface area (Å²) in [6.07, 6.45) is 4.02. The Balaban J connectivity index is 0.00000225. The number of carbonyl (C=O) groups is 1. The lowest BCUT2D eigenvalue weighted by molar-refractivity contribution is 0.0752. The van der Waals surface area contributed by atoms with Gasteiger partial charge in [0.25, 0.3) is 11.5 Å². The monoisotopic (exact) mass is 384 g/mol. The van der Waals surface area contributed by atoms with Crippen LogP contribution in [0.1, 0.15) is 47.2 Å². The van der Waals surface area contributed by atoms with Crippen molar-refractivity contribution in [1.29, 1.82) is 0 Å². The first-order chi connectivity index (χ1) is 11.5. The topological polar surface area (TPSA) is 81.2 Å². The van der Waals surface area contributed by atoms with Crippen molar-refractivity contribution in [3.63, 3.8) is 0 Å². The van der Waals surface area contributed by atoms with E-state index in [1.807, 2.05) is 13.8 Å². The predicted octanol–water partition coefficient (Wildman–Crippen LogP) is 2.33. The van der Waals surface area contributed by atoms with Crippen LogP contribution in [0.3, 0.4) is 0 Å². The summed E-state index contributed by atoms with van der Waals surface area (Å²) in [6.45, 7) is 4.89. The molecule has 0 aromatic carbocycles. The fourth-order valence-electron chi connectivity index (χ4n) is 3.13. The van der Waals surface area contributed by atoms with Crippen LogP contribution in [0, 0.1) is 6.92 Å². The molecular formula is C17H25ClN4O2S. The molecule has 0 bridgehead atoms. The van der Waals surface area contributed by atoms with Crippen molar-refractivity contribution in [3.8, 4) is 0 Å². The summed E-state index contributed by atoms with van der Waals surface area (Å²) in [6, 6.07) is -0.0483. The molecule has 1 amide bonds. The average Bonchev–Trinajstić information content (AvgIpc) is 2.75. The highest BCUT2D eigenvalue weighted by Crippen LogP contribution is 2.29. The molecule has 1 aliphatic rings. The molecule has 0 fully saturated rings. The standard InChI is InChI=1S/C17H24N4O2S.ClH/c1-10(9-18)20(3)17(23)14-11(2)13-15(24-14)19-12-7-5-4-6-8-21(12)16(13)22;/h10H,4-9,18H2,1-3H3;1H. The third-order valence-electron chi connectivity index (χ3n) is 4.93. The van der Waals surface area contributed by atoms with E-state index in [0.717, 1.165) is 43.6 Å². The van der Waals surface area contributed by atoms with Crippen molar-refractivity contribution < 1.29 is 4.79 Å². The van der Waals surface area contributed by atoms with E-state index in [9.17, 15) is 9.59 Å². The van der Waals surface area contributed by atoms with E-state index in [-0.39, 0.29) is 29.9 Å². The van der Waals surface area contributed by atoms with E-state index < -0.39 is 0 Å². The summed E-state index contributed by atoms with van der Waals surface area (Å²) in [5, 5.41) is 0.600. The molecule has 2 N–H and O–H groups in total. The summed E-state index contributed by atoms with van der Waals surface area (Å²) in [4.78, 5) is 33.3. The number of halogens is 1. The molecule has 3 rings (SSSR count). The number of nitrogens with zero attached hydrogens (tertiary/aromatic N) is 3. The number of nitrogens with two attached hydrogens (primary N) is 1. The molecule has 3 heterocycles. The Kier molecular flexibility index (Phi) is 6.24. The fraction of sp³-hybridized carbons (Fsp3) is 0.588. The molecule has 1 aliphatic heterocycles. The van der Waals surface area contributed by atoms with Gasteiger partial charge in [-0.1, -0.05) is 6.42 Å². The lowest BCUT2D eigenvalue weighted by Crippen LogP contribution is -2.39. The smallest absolute Gasteiger partial charge is 0.264 e. The van der Waals surface area contributed by atoms with Crippen molar-refractivity contribution in [2.75, 3.05) is 13.6 Å². The maximum Gasteiger partial charge on any atom is 0.264 e. The molecule has 138 valence electrons. The SMILES string of the molecule is Cc1c(C(=O)N(C)C(C)CN)sc2nc3n(c(=O)c12)CCCCC3.Cl. The number of aryl methyl sites for hydroxylation is 2. The molecule has 25 heavy (non-hydrogen) atoms. The van der Waals surface area contributed by atoms with Crippen molar-refractivity contribution in [1.82, 2.24) is 14.5 Å². The minimum atomic E-state index is -0.0898. The molecule has 0 radical (unpaired) electrons. The van der Waals surface area contributed by atoms with Gasteiger partial charge in [0.1, 0.15) is 10.7 Å². The van der Waals surface area contributed by atoms with Crippen molar-refractivity contribution in [2.45, 2.75) is 52.1 Å². The molecule has 8 heteroatoms. The van der Waals surface area contributed by atoms with E-state index in [4.69, 9.17) is 10.7 Å². The van der Waals surface area contributed by atoms with E-state index >= 15 is 0 Å². The first kappa shape index (κ1) is 19.9. The molecular weight excluding hydrogens is 360 g/mol. The first-order valence-electron chi connectivity index (χ1n) is 8.45. The highest BCUT2D eigenvalue weighted by Gasteiger charge is 2.25. The molecule has 6 nitrogen and oxygen atoms in total. The van der Waals surface area contributed by atoms with Crippen LogP contribution >= 0.6 is 23.7 Å². The van der Waals surface area contributed by atoms with E-state index in [1.54, 1.807) is 16.5 Å². The van der Waals surface area contributed by atoms with Crippen LogP contribution in [0.2, 0.25) is 0 Å². The molecule has 2 aromatic heterocycles. The Morgan fingerprint density at radius 3 is 2.80 bits per heavy atom. The van der Waals surface area contributed by atoms with Gasteiger partial charge in [-0.3, -0.25) is 14.2 Å². The van der Waals surface area contributed by atoms with Crippen LogP contribution in [-0.2, 0) is 13.0 Å². The first-order valence-corrected chi connectivity index (χ1v) is 9.27. The van der Waals surface area contributed by atoms with Crippen LogP contribution < -0.4 is 11.3 Å². The highest BCUT2D eigenvalue weighted by atomic mass is 35.5. The van der Waals surface area contributed by atoms with Crippen LogP contribution in [-0.4, -0.2) is 40.0 Å². The van der Waals surface area contributed by atoms with Gasteiger partial charge in [0.15, 0.2) is 0 Å². The molecule has 0 saturated carbocycles. The average molecular weight is 385 g/mol. The minimum absolute atomic E-state index is 0. The third-order valence-corrected chi connectivity index (χ3v) is 6.10. The Bertz CT molecular complexity index is 845. The molecule has 1 atom stereocenters. The zero-order valence-electron chi connectivity index (χ0n) is 14.9. The van der Waals surface area contributed by atoms with E-state index in [1.165, 1.54) is 11.3 Å². The van der Waals surface area contributed by atoms with Gasteiger partial charge in [0, 0.05) is 32.6 Å². The van der Waals surface area contributed by atoms with Gasteiger partial charge in [0.2, 0.25) is 0 Å².